The van der Waals surface area contributed by atoms with Crippen LogP contribution in [0.15, 0.2) is 11.6 Å². The van der Waals surface area contributed by atoms with E-state index in [4.69, 9.17) is 4.74 Å². The van der Waals surface area contributed by atoms with Gasteiger partial charge in [0.25, 0.3) is 0 Å². The molecule has 0 saturated heterocycles. The van der Waals surface area contributed by atoms with Crippen molar-refractivity contribution in [2.75, 3.05) is 0 Å². The maximum atomic E-state index is 12.8. The van der Waals surface area contributed by atoms with Gasteiger partial charge in [-0.05, 0) is 109 Å². The Hall–Kier alpha value is -1.32. The van der Waals surface area contributed by atoms with Gasteiger partial charge in [0.1, 0.15) is 6.10 Å². The number of rotatable bonds is 2. The number of hydrogen-bond acceptors (Lipinski definition) is 3. The molecule has 5 aliphatic rings. The Bertz CT molecular complexity index is 992. The predicted molar refractivity (Wildman–Crippen MR) is 142 cm³/mol. The normalized spacial score (nSPS) is 48.8. The van der Waals surface area contributed by atoms with Crippen LogP contribution in [0.4, 0.5) is 0 Å². The van der Waals surface area contributed by atoms with Gasteiger partial charge in [-0.3, -0.25) is 9.59 Å². The molecule has 0 aromatic rings. The summed E-state index contributed by atoms with van der Waals surface area (Å²) < 4.78 is 5.90. The molecule has 0 spiro atoms. The van der Waals surface area contributed by atoms with Crippen LogP contribution in [0.25, 0.3) is 0 Å². The fraction of sp³-hybridized carbons (Fsp3) is 0.875. The Morgan fingerprint density at radius 3 is 2.19 bits per heavy atom. The Morgan fingerprint density at radius 2 is 1.56 bits per heavy atom. The molecule has 4 saturated carbocycles. The number of hydrogen-bond donors (Lipinski definition) is 1. The van der Waals surface area contributed by atoms with Crippen molar-refractivity contribution < 1.29 is 19.4 Å². The highest BCUT2D eigenvalue weighted by molar-refractivity contribution is 5.76. The predicted octanol–water partition coefficient (Wildman–Crippen LogP) is 7.80. The van der Waals surface area contributed by atoms with Crippen molar-refractivity contribution in [2.45, 2.75) is 126 Å². The van der Waals surface area contributed by atoms with E-state index in [-0.39, 0.29) is 45.1 Å². The topological polar surface area (TPSA) is 63.6 Å². The second kappa shape index (κ2) is 7.85. The van der Waals surface area contributed by atoms with Crippen LogP contribution in [0.5, 0.6) is 0 Å². The van der Waals surface area contributed by atoms with Gasteiger partial charge in [0.2, 0.25) is 0 Å². The summed E-state index contributed by atoms with van der Waals surface area (Å²) in [5, 5.41) is 10.6. The fourth-order valence-corrected chi connectivity index (χ4v) is 11.2. The number of esters is 1. The Morgan fingerprint density at radius 1 is 0.889 bits per heavy atom. The summed E-state index contributed by atoms with van der Waals surface area (Å²) in [6, 6.07) is 0. The molecule has 202 valence electrons. The van der Waals surface area contributed by atoms with E-state index in [1.807, 2.05) is 0 Å². The summed E-state index contributed by atoms with van der Waals surface area (Å²) in [6.07, 6.45) is 12.5. The lowest BCUT2D eigenvalue weighted by Crippen LogP contribution is -2.64. The highest BCUT2D eigenvalue weighted by atomic mass is 16.5. The zero-order valence-corrected chi connectivity index (χ0v) is 24.1. The van der Waals surface area contributed by atoms with E-state index in [0.717, 1.165) is 51.4 Å². The van der Waals surface area contributed by atoms with Gasteiger partial charge in [0.15, 0.2) is 0 Å². The van der Waals surface area contributed by atoms with Crippen molar-refractivity contribution in [3.8, 4) is 0 Å². The van der Waals surface area contributed by atoms with E-state index >= 15 is 0 Å². The van der Waals surface area contributed by atoms with Crippen LogP contribution in [-0.4, -0.2) is 23.1 Å². The number of carboxylic acids is 1. The van der Waals surface area contributed by atoms with Gasteiger partial charge < -0.3 is 9.84 Å². The van der Waals surface area contributed by atoms with Gasteiger partial charge in [0.05, 0.1) is 5.41 Å². The quantitative estimate of drug-likeness (QED) is 0.311. The first kappa shape index (κ1) is 26.3. The van der Waals surface area contributed by atoms with E-state index in [1.165, 1.54) is 18.4 Å². The van der Waals surface area contributed by atoms with E-state index < -0.39 is 11.4 Å². The number of allylic oxidation sites excluding steroid dienone is 2. The van der Waals surface area contributed by atoms with Crippen molar-refractivity contribution in [3.63, 3.8) is 0 Å². The molecule has 0 aromatic heterocycles. The molecule has 1 N–H and O–H groups in total. The van der Waals surface area contributed by atoms with E-state index in [9.17, 15) is 14.7 Å². The summed E-state index contributed by atoms with van der Waals surface area (Å²) in [7, 11) is 0. The summed E-state index contributed by atoms with van der Waals surface area (Å²) in [5.74, 6) is 0.559. The fourth-order valence-electron chi connectivity index (χ4n) is 11.2. The van der Waals surface area contributed by atoms with Crippen molar-refractivity contribution in [2.24, 2.45) is 50.2 Å². The molecule has 5 rings (SSSR count). The Kier molecular flexibility index (Phi) is 5.74. The summed E-state index contributed by atoms with van der Waals surface area (Å²) in [4.78, 5) is 24.8. The minimum Gasteiger partial charge on any atom is -0.481 e. The third-order valence-corrected chi connectivity index (χ3v) is 13.0. The van der Waals surface area contributed by atoms with E-state index in [2.05, 4.69) is 54.5 Å². The highest BCUT2D eigenvalue weighted by Gasteiger charge is 2.69. The minimum atomic E-state index is -0.585. The zero-order chi connectivity index (χ0) is 26.5. The van der Waals surface area contributed by atoms with Crippen molar-refractivity contribution in [1.29, 1.82) is 0 Å². The second-order valence-corrected chi connectivity index (χ2v) is 15.8. The first-order valence-corrected chi connectivity index (χ1v) is 14.6. The summed E-state index contributed by atoms with van der Waals surface area (Å²) in [5.41, 5.74) is 1.48. The highest BCUT2D eigenvalue weighted by Crippen LogP contribution is 2.75. The van der Waals surface area contributed by atoms with Gasteiger partial charge in [-0.25, -0.2) is 0 Å². The lowest BCUT2D eigenvalue weighted by molar-refractivity contribution is -0.206. The molecule has 8 atom stereocenters. The third-order valence-electron chi connectivity index (χ3n) is 13.0. The molecule has 0 radical (unpaired) electrons. The van der Waals surface area contributed by atoms with Crippen molar-refractivity contribution in [3.05, 3.63) is 11.6 Å². The number of carbonyl (C=O) groups excluding carboxylic acids is 1. The van der Waals surface area contributed by atoms with Crippen LogP contribution in [0.3, 0.4) is 0 Å². The third kappa shape index (κ3) is 3.44. The molecule has 36 heavy (non-hydrogen) atoms. The molecule has 0 heterocycles. The molecular weight excluding hydrogens is 448 g/mol. The van der Waals surface area contributed by atoms with Gasteiger partial charge in [-0.15, -0.1) is 0 Å². The van der Waals surface area contributed by atoms with E-state index in [0.29, 0.717) is 11.8 Å². The number of fused-ring (bicyclic) bond motifs is 7. The standard InChI is InChI=1S/C32H50O4/c1-20(33)36-21-17-28(4,5)24-11-12-31(8)25(29(24,6)18-21)10-9-22-23-19-27(2,3)13-15-32(23,26(34)35)16-14-30(22,31)7/h9,21,23-25H,10-19H2,1-8H3,(H,34,35)/t21-,23-,24-,25+,29-,30+,31+,32-/m0/s1. The molecule has 0 unspecified atom stereocenters. The number of carbonyl (C=O) groups is 2. The van der Waals surface area contributed by atoms with Gasteiger partial charge in [-0.1, -0.05) is 60.1 Å². The molecule has 0 amide bonds. The number of ether oxygens (including phenoxy) is 1. The number of aliphatic carboxylic acids is 1. The molecule has 4 fully saturated rings. The van der Waals surface area contributed by atoms with Gasteiger partial charge >= 0.3 is 11.9 Å². The molecule has 4 heteroatoms. The largest absolute Gasteiger partial charge is 0.481 e. The smallest absolute Gasteiger partial charge is 0.310 e. The van der Waals surface area contributed by atoms with Crippen LogP contribution in [0, 0.1) is 50.2 Å². The van der Waals surface area contributed by atoms with Gasteiger partial charge in [-0.2, -0.15) is 0 Å². The van der Waals surface area contributed by atoms with Gasteiger partial charge in [0, 0.05) is 6.92 Å². The van der Waals surface area contributed by atoms with Crippen LogP contribution in [0.2, 0.25) is 0 Å². The monoisotopic (exact) mass is 498 g/mol. The first-order valence-electron chi connectivity index (χ1n) is 14.6. The summed E-state index contributed by atoms with van der Waals surface area (Å²) >= 11 is 0. The zero-order valence-electron chi connectivity index (χ0n) is 24.1. The molecule has 4 nitrogen and oxygen atoms in total. The molecule has 5 aliphatic carbocycles. The molecule has 0 aliphatic heterocycles. The Balaban J connectivity index is 1.58. The van der Waals surface area contributed by atoms with Crippen LogP contribution in [0.1, 0.15) is 120 Å². The van der Waals surface area contributed by atoms with Crippen molar-refractivity contribution >= 4 is 11.9 Å². The van der Waals surface area contributed by atoms with Crippen molar-refractivity contribution in [1.82, 2.24) is 0 Å². The average Bonchev–Trinajstić information content (AvgIpc) is 2.72. The minimum absolute atomic E-state index is 0.00978. The first-order chi connectivity index (χ1) is 16.5. The molecule has 0 bridgehead atoms. The summed E-state index contributed by atoms with van der Waals surface area (Å²) in [6.45, 7) is 18.6. The maximum absolute atomic E-state index is 12.8. The second-order valence-electron chi connectivity index (χ2n) is 15.8. The Labute approximate surface area is 219 Å². The van der Waals surface area contributed by atoms with Crippen LogP contribution >= 0.6 is 0 Å². The molecular formula is C32H50O4. The average molecular weight is 499 g/mol. The molecule has 0 aromatic carbocycles. The SMILES string of the molecule is CC(=O)O[C@H]1CC(C)(C)[C@@H]2CC[C@]3(C)[C@H](CC=C4[C@@H]5CC(C)(C)CC[C@]5(C(=O)O)CC[C@]43C)[C@@]2(C)C1. The van der Waals surface area contributed by atoms with E-state index in [1.54, 1.807) is 6.92 Å². The lowest BCUT2D eigenvalue weighted by atomic mass is 9.33. The number of carboxylic acid groups (broad SMARTS) is 1. The maximum Gasteiger partial charge on any atom is 0.310 e. The van der Waals surface area contributed by atoms with Crippen LogP contribution in [-0.2, 0) is 14.3 Å². The lowest BCUT2D eigenvalue weighted by Gasteiger charge is -2.71. The van der Waals surface area contributed by atoms with Crippen LogP contribution < -0.4 is 0 Å².